The Kier molecular flexibility index (Phi) is 4.37. The monoisotopic (exact) mass is 287 g/mol. The van der Waals surface area contributed by atoms with E-state index >= 15 is 0 Å². The van der Waals surface area contributed by atoms with Crippen LogP contribution in [0.1, 0.15) is 32.9 Å². The summed E-state index contributed by atoms with van der Waals surface area (Å²) in [7, 11) is 0. The molecule has 6 nitrogen and oxygen atoms in total. The lowest BCUT2D eigenvalue weighted by Crippen LogP contribution is -2.25. The van der Waals surface area contributed by atoms with Gasteiger partial charge in [0.15, 0.2) is 0 Å². The van der Waals surface area contributed by atoms with Gasteiger partial charge >= 0.3 is 0 Å². The summed E-state index contributed by atoms with van der Waals surface area (Å²) in [6.07, 6.45) is 0.237. The number of aromatic nitrogens is 1. The van der Waals surface area contributed by atoms with Gasteiger partial charge in [0.05, 0.1) is 12.1 Å². The molecule has 0 saturated carbocycles. The highest BCUT2D eigenvalue weighted by Gasteiger charge is 2.13. The number of aryl methyl sites for hydroxylation is 2. The lowest BCUT2D eigenvalue weighted by atomic mass is 10.1. The first-order valence-electron chi connectivity index (χ1n) is 6.54. The van der Waals surface area contributed by atoms with Gasteiger partial charge < -0.3 is 15.6 Å². The van der Waals surface area contributed by atoms with Gasteiger partial charge in [0.25, 0.3) is 0 Å². The van der Waals surface area contributed by atoms with Crippen molar-refractivity contribution in [2.45, 2.75) is 26.8 Å². The van der Waals surface area contributed by atoms with E-state index in [1.807, 2.05) is 6.92 Å². The van der Waals surface area contributed by atoms with Crippen LogP contribution >= 0.6 is 0 Å². The number of nitrogens with two attached hydrogens (primary N) is 1. The molecular formula is C15H17N3O3. The quantitative estimate of drug-likeness (QED) is 0.864. The second-order valence-corrected chi connectivity index (χ2v) is 4.82. The average molecular weight is 287 g/mol. The summed E-state index contributed by atoms with van der Waals surface area (Å²) in [6, 6.07) is 6.79. The van der Waals surface area contributed by atoms with E-state index in [2.05, 4.69) is 10.5 Å². The topological polar surface area (TPSA) is 98.2 Å². The molecule has 0 radical (unpaired) electrons. The first kappa shape index (κ1) is 14.8. The Hall–Kier alpha value is -2.63. The number of primary amides is 1. The van der Waals surface area contributed by atoms with Crippen LogP contribution in [0.15, 0.2) is 28.8 Å². The van der Waals surface area contributed by atoms with Gasteiger partial charge in [-0.15, -0.1) is 0 Å². The standard InChI is InChI=1S/C15H17N3O3/c1-9-13(10(2)21-18-9)7-14(19)17-8-11-3-5-12(6-4-11)15(16)20/h3-6H,7-8H2,1-2H3,(H2,16,20)(H,17,19). The number of hydrogen-bond donors (Lipinski definition) is 2. The maximum absolute atomic E-state index is 11.9. The van der Waals surface area contributed by atoms with E-state index in [9.17, 15) is 9.59 Å². The van der Waals surface area contributed by atoms with Crippen LogP contribution in [0.5, 0.6) is 0 Å². The molecule has 3 N–H and O–H groups in total. The van der Waals surface area contributed by atoms with Crippen LogP contribution < -0.4 is 11.1 Å². The number of rotatable bonds is 5. The molecule has 0 aliphatic carbocycles. The molecule has 0 bridgehead atoms. The molecule has 0 aliphatic rings. The van der Waals surface area contributed by atoms with Gasteiger partial charge in [-0.05, 0) is 31.5 Å². The number of nitrogens with one attached hydrogen (secondary N) is 1. The molecule has 6 heteroatoms. The molecule has 1 aromatic carbocycles. The second kappa shape index (κ2) is 6.21. The van der Waals surface area contributed by atoms with Crippen molar-refractivity contribution in [3.8, 4) is 0 Å². The highest BCUT2D eigenvalue weighted by Crippen LogP contribution is 2.12. The molecule has 1 aromatic heterocycles. The zero-order valence-electron chi connectivity index (χ0n) is 12.0. The Morgan fingerprint density at radius 2 is 1.90 bits per heavy atom. The fourth-order valence-corrected chi connectivity index (χ4v) is 1.96. The maximum Gasteiger partial charge on any atom is 0.248 e. The average Bonchev–Trinajstić information content (AvgIpc) is 2.77. The smallest absolute Gasteiger partial charge is 0.248 e. The van der Waals surface area contributed by atoms with Crippen molar-refractivity contribution >= 4 is 11.8 Å². The second-order valence-electron chi connectivity index (χ2n) is 4.82. The number of carbonyl (C=O) groups excluding carboxylic acids is 2. The Morgan fingerprint density at radius 3 is 2.43 bits per heavy atom. The minimum Gasteiger partial charge on any atom is -0.366 e. The van der Waals surface area contributed by atoms with E-state index in [4.69, 9.17) is 10.3 Å². The summed E-state index contributed by atoms with van der Waals surface area (Å²) < 4.78 is 5.02. The minimum absolute atomic E-state index is 0.108. The Morgan fingerprint density at radius 1 is 1.24 bits per heavy atom. The molecule has 1 heterocycles. The van der Waals surface area contributed by atoms with E-state index in [0.717, 1.165) is 16.8 Å². The van der Waals surface area contributed by atoms with Gasteiger partial charge in [0.2, 0.25) is 11.8 Å². The highest BCUT2D eigenvalue weighted by molar-refractivity contribution is 5.92. The molecule has 0 spiro atoms. The van der Waals surface area contributed by atoms with Gasteiger partial charge in [0.1, 0.15) is 5.76 Å². The summed E-state index contributed by atoms with van der Waals surface area (Å²) in [4.78, 5) is 22.9. The molecule has 0 unspecified atom stereocenters. The number of amides is 2. The SMILES string of the molecule is Cc1noc(C)c1CC(=O)NCc1ccc(C(N)=O)cc1. The van der Waals surface area contributed by atoms with Crippen LogP contribution in [-0.2, 0) is 17.8 Å². The molecule has 110 valence electrons. The molecule has 2 amide bonds. The summed E-state index contributed by atoms with van der Waals surface area (Å²) in [5.41, 5.74) is 8.05. The van der Waals surface area contributed by atoms with E-state index in [1.54, 1.807) is 31.2 Å². The fraction of sp³-hybridized carbons (Fsp3) is 0.267. The lowest BCUT2D eigenvalue weighted by molar-refractivity contribution is -0.120. The number of carbonyl (C=O) groups is 2. The zero-order chi connectivity index (χ0) is 15.4. The normalized spacial score (nSPS) is 10.4. The van der Waals surface area contributed by atoms with Crippen LogP contribution in [0.4, 0.5) is 0 Å². The van der Waals surface area contributed by atoms with Gasteiger partial charge in [-0.25, -0.2) is 0 Å². The van der Waals surface area contributed by atoms with Gasteiger partial charge in [-0.3, -0.25) is 9.59 Å². The van der Waals surface area contributed by atoms with Crippen LogP contribution in [-0.4, -0.2) is 17.0 Å². The summed E-state index contributed by atoms with van der Waals surface area (Å²) in [5, 5.41) is 6.63. The van der Waals surface area contributed by atoms with Crippen molar-refractivity contribution in [3.63, 3.8) is 0 Å². The Bertz CT molecular complexity index is 640. The minimum atomic E-state index is -0.469. The zero-order valence-corrected chi connectivity index (χ0v) is 12.0. The molecule has 0 aliphatic heterocycles. The summed E-state index contributed by atoms with van der Waals surface area (Å²) >= 11 is 0. The maximum atomic E-state index is 11.9. The van der Waals surface area contributed by atoms with E-state index < -0.39 is 5.91 Å². The van der Waals surface area contributed by atoms with E-state index in [-0.39, 0.29) is 12.3 Å². The van der Waals surface area contributed by atoms with Gasteiger partial charge in [-0.2, -0.15) is 0 Å². The third kappa shape index (κ3) is 3.68. The van der Waals surface area contributed by atoms with Crippen molar-refractivity contribution in [1.29, 1.82) is 0 Å². The van der Waals surface area contributed by atoms with Crippen LogP contribution in [0.25, 0.3) is 0 Å². The van der Waals surface area contributed by atoms with Crippen LogP contribution in [0.3, 0.4) is 0 Å². The van der Waals surface area contributed by atoms with E-state index in [1.165, 1.54) is 0 Å². The van der Waals surface area contributed by atoms with Crippen molar-refractivity contribution in [2.75, 3.05) is 0 Å². The number of nitrogens with zero attached hydrogens (tertiary/aromatic N) is 1. The Balaban J connectivity index is 1.91. The highest BCUT2D eigenvalue weighted by atomic mass is 16.5. The third-order valence-electron chi connectivity index (χ3n) is 3.25. The third-order valence-corrected chi connectivity index (χ3v) is 3.25. The molecule has 0 saturated heterocycles. The van der Waals surface area contributed by atoms with Gasteiger partial charge in [0, 0.05) is 17.7 Å². The van der Waals surface area contributed by atoms with Gasteiger partial charge in [-0.1, -0.05) is 17.3 Å². The summed E-state index contributed by atoms with van der Waals surface area (Å²) in [5.74, 6) is 0.0841. The number of benzene rings is 1. The largest absolute Gasteiger partial charge is 0.366 e. The van der Waals surface area contributed by atoms with E-state index in [0.29, 0.717) is 17.9 Å². The van der Waals surface area contributed by atoms with Crippen molar-refractivity contribution in [3.05, 3.63) is 52.4 Å². The molecule has 0 atom stereocenters. The van der Waals surface area contributed by atoms with Crippen LogP contribution in [0, 0.1) is 13.8 Å². The molecule has 2 rings (SSSR count). The Labute approximate surface area is 122 Å². The van der Waals surface area contributed by atoms with Crippen LogP contribution in [0.2, 0.25) is 0 Å². The number of hydrogen-bond acceptors (Lipinski definition) is 4. The van der Waals surface area contributed by atoms with Crippen molar-refractivity contribution in [1.82, 2.24) is 10.5 Å². The molecular weight excluding hydrogens is 270 g/mol. The lowest BCUT2D eigenvalue weighted by Gasteiger charge is -2.06. The fourth-order valence-electron chi connectivity index (χ4n) is 1.96. The summed E-state index contributed by atoms with van der Waals surface area (Å²) in [6.45, 7) is 3.98. The van der Waals surface area contributed by atoms with Crippen molar-refractivity contribution < 1.29 is 14.1 Å². The molecule has 21 heavy (non-hydrogen) atoms. The molecule has 2 aromatic rings. The first-order valence-corrected chi connectivity index (χ1v) is 6.54. The first-order chi connectivity index (χ1) is 9.97. The molecule has 0 fully saturated rings. The predicted octanol–water partition coefficient (Wildman–Crippen LogP) is 1.25. The van der Waals surface area contributed by atoms with Crippen molar-refractivity contribution in [2.24, 2.45) is 5.73 Å². The predicted molar refractivity (Wildman–Crippen MR) is 76.5 cm³/mol.